The number of aliphatic hydroxyl groups excluding tert-OH is 1. The van der Waals surface area contributed by atoms with Crippen molar-refractivity contribution in [2.75, 3.05) is 38.3 Å². The van der Waals surface area contributed by atoms with E-state index in [1.165, 1.54) is 46.0 Å². The van der Waals surface area contributed by atoms with E-state index in [2.05, 4.69) is 0 Å². The van der Waals surface area contributed by atoms with E-state index in [1.807, 2.05) is 0 Å². The van der Waals surface area contributed by atoms with Crippen molar-refractivity contribution in [1.29, 1.82) is 0 Å². The molecule has 0 aromatic rings. The molecule has 1 rings (SSSR count). The normalized spacial score (nSPS) is 16.3. The fraction of sp³-hybridized carbons (Fsp3) is 0.875. The van der Waals surface area contributed by atoms with Crippen LogP contribution in [0.5, 0.6) is 0 Å². The van der Waals surface area contributed by atoms with Gasteiger partial charge in [-0.25, -0.2) is 0 Å². The molecule has 0 heterocycles. The van der Waals surface area contributed by atoms with E-state index in [1.54, 1.807) is 0 Å². The minimum Gasteiger partial charge on any atom is -0.462 e. The third-order valence-corrected chi connectivity index (χ3v) is 9.88. The molecule has 1 aliphatic carbocycles. The summed E-state index contributed by atoms with van der Waals surface area (Å²) in [5.74, 6) is -0.517. The second-order valence-corrected chi connectivity index (χ2v) is 10.6. The lowest BCUT2D eigenvalue weighted by molar-refractivity contribution is -0.141. The molecule has 6 heteroatoms. The van der Waals surface area contributed by atoms with Gasteiger partial charge in [0.05, 0.1) is 30.8 Å². The van der Waals surface area contributed by atoms with Crippen LogP contribution in [-0.4, -0.2) is 61.0 Å². The lowest BCUT2D eigenvalue weighted by Crippen LogP contribution is -2.29. The van der Waals surface area contributed by atoms with E-state index in [-0.39, 0.29) is 18.5 Å². The SMILES string of the molecule is CC(=O)OCC[P+](CCO)(CCOC(C)=O)C1CCCCC1. The van der Waals surface area contributed by atoms with Gasteiger partial charge >= 0.3 is 11.9 Å². The largest absolute Gasteiger partial charge is 0.462 e. The molecule has 5 nitrogen and oxygen atoms in total. The molecule has 0 saturated heterocycles. The topological polar surface area (TPSA) is 72.8 Å². The third kappa shape index (κ3) is 6.62. The van der Waals surface area contributed by atoms with E-state index in [0.717, 1.165) is 18.5 Å². The zero-order valence-electron chi connectivity index (χ0n) is 13.9. The van der Waals surface area contributed by atoms with Crippen LogP contribution in [0.1, 0.15) is 46.0 Å². The lowest BCUT2D eigenvalue weighted by atomic mass is 10.0. The van der Waals surface area contributed by atoms with Crippen molar-refractivity contribution in [1.82, 2.24) is 0 Å². The molecule has 1 aliphatic rings. The minimum absolute atomic E-state index is 0.157. The second kappa shape index (κ2) is 10.2. The Balaban J connectivity index is 2.75. The van der Waals surface area contributed by atoms with Crippen LogP contribution < -0.4 is 0 Å². The molecule has 128 valence electrons. The minimum atomic E-state index is -1.49. The van der Waals surface area contributed by atoms with Crippen molar-refractivity contribution in [2.45, 2.75) is 51.6 Å². The van der Waals surface area contributed by atoms with Crippen LogP contribution in [0.15, 0.2) is 0 Å². The molecule has 0 spiro atoms. The molecule has 0 radical (unpaired) electrons. The summed E-state index contributed by atoms with van der Waals surface area (Å²) in [5, 5.41) is 9.56. The van der Waals surface area contributed by atoms with Crippen LogP contribution >= 0.6 is 7.26 Å². The first-order valence-electron chi connectivity index (χ1n) is 8.23. The molecular weight excluding hydrogens is 303 g/mol. The van der Waals surface area contributed by atoms with Gasteiger partial charge in [0, 0.05) is 21.1 Å². The van der Waals surface area contributed by atoms with Gasteiger partial charge in [-0.15, -0.1) is 0 Å². The smallest absolute Gasteiger partial charge is 0.302 e. The molecule has 0 unspecified atom stereocenters. The first kappa shape index (κ1) is 19.4. The number of aliphatic hydroxyl groups is 1. The summed E-state index contributed by atoms with van der Waals surface area (Å²) < 4.78 is 10.3. The van der Waals surface area contributed by atoms with Gasteiger partial charge in [0.25, 0.3) is 0 Å². The van der Waals surface area contributed by atoms with Gasteiger partial charge in [-0.3, -0.25) is 9.59 Å². The molecule has 0 aromatic heterocycles. The number of rotatable bonds is 9. The second-order valence-electron chi connectivity index (χ2n) is 6.08. The molecule has 1 N–H and O–H groups in total. The highest BCUT2D eigenvalue weighted by atomic mass is 31.2. The van der Waals surface area contributed by atoms with Crippen LogP contribution in [0.3, 0.4) is 0 Å². The number of carbonyl (C=O) groups excluding carboxylic acids is 2. The average Bonchev–Trinajstić information content (AvgIpc) is 2.47. The highest BCUT2D eigenvalue weighted by Crippen LogP contribution is 2.65. The van der Waals surface area contributed by atoms with Gasteiger partial charge in [-0.05, 0) is 25.7 Å². The van der Waals surface area contributed by atoms with Gasteiger partial charge in [0.2, 0.25) is 0 Å². The van der Waals surface area contributed by atoms with Crippen LogP contribution in [-0.2, 0) is 19.1 Å². The Hall–Kier alpha value is -0.670. The first-order chi connectivity index (χ1) is 10.5. The van der Waals surface area contributed by atoms with Gasteiger partial charge in [0.15, 0.2) is 0 Å². The van der Waals surface area contributed by atoms with E-state index >= 15 is 0 Å². The Bertz CT molecular complexity index is 332. The standard InChI is InChI=1S/C16H30O5P/c1-14(18)20-9-12-22(11-8-17,13-10-21-15(2)19)16-6-4-3-5-7-16/h16-17H,3-13H2,1-2H3/q+1. The van der Waals surface area contributed by atoms with E-state index < -0.39 is 7.26 Å². The molecule has 1 saturated carbocycles. The molecule has 0 atom stereocenters. The molecular formula is C16H30O5P+. The highest BCUT2D eigenvalue weighted by Gasteiger charge is 2.45. The molecule has 0 bridgehead atoms. The van der Waals surface area contributed by atoms with Crippen molar-refractivity contribution in [3.63, 3.8) is 0 Å². The molecule has 0 amide bonds. The number of ether oxygens (including phenoxy) is 2. The van der Waals surface area contributed by atoms with Gasteiger partial charge in [0.1, 0.15) is 13.2 Å². The number of hydrogen-bond acceptors (Lipinski definition) is 5. The summed E-state index contributed by atoms with van der Waals surface area (Å²) in [7, 11) is -1.49. The molecule has 22 heavy (non-hydrogen) atoms. The Morgan fingerprint density at radius 3 is 1.86 bits per heavy atom. The monoisotopic (exact) mass is 333 g/mol. The summed E-state index contributed by atoms with van der Waals surface area (Å²) in [6.45, 7) is 3.83. The van der Waals surface area contributed by atoms with Crippen molar-refractivity contribution in [3.05, 3.63) is 0 Å². The average molecular weight is 333 g/mol. The number of esters is 2. The zero-order chi connectivity index (χ0) is 16.4. The summed E-state index contributed by atoms with van der Waals surface area (Å²) in [5.41, 5.74) is 0.611. The van der Waals surface area contributed by atoms with E-state index in [9.17, 15) is 14.7 Å². The predicted molar refractivity (Wildman–Crippen MR) is 88.7 cm³/mol. The van der Waals surface area contributed by atoms with E-state index in [0.29, 0.717) is 18.9 Å². The molecule has 1 fully saturated rings. The molecule has 0 aromatic carbocycles. The van der Waals surface area contributed by atoms with Gasteiger partial charge < -0.3 is 14.6 Å². The highest BCUT2D eigenvalue weighted by molar-refractivity contribution is 7.76. The van der Waals surface area contributed by atoms with Crippen molar-refractivity contribution in [2.24, 2.45) is 0 Å². The van der Waals surface area contributed by atoms with Crippen LogP contribution in [0.4, 0.5) is 0 Å². The first-order valence-corrected chi connectivity index (χ1v) is 10.6. The maximum absolute atomic E-state index is 11.0. The summed E-state index contributed by atoms with van der Waals surface area (Å²) >= 11 is 0. The Kier molecular flexibility index (Phi) is 8.96. The van der Waals surface area contributed by atoms with Crippen molar-refractivity contribution >= 4 is 19.2 Å². The van der Waals surface area contributed by atoms with Crippen LogP contribution in [0, 0.1) is 0 Å². The van der Waals surface area contributed by atoms with Crippen LogP contribution in [0.25, 0.3) is 0 Å². The maximum Gasteiger partial charge on any atom is 0.302 e. The van der Waals surface area contributed by atoms with E-state index in [4.69, 9.17) is 9.47 Å². The fourth-order valence-electron chi connectivity index (χ4n) is 3.45. The Labute approximate surface area is 134 Å². The summed E-state index contributed by atoms with van der Waals surface area (Å²) in [6.07, 6.45) is 8.57. The number of hydrogen-bond donors (Lipinski definition) is 1. The summed E-state index contributed by atoms with van der Waals surface area (Å²) in [4.78, 5) is 22.1. The van der Waals surface area contributed by atoms with Crippen molar-refractivity contribution in [3.8, 4) is 0 Å². The fourth-order valence-corrected chi connectivity index (χ4v) is 7.99. The Morgan fingerprint density at radius 2 is 1.45 bits per heavy atom. The Morgan fingerprint density at radius 1 is 0.955 bits per heavy atom. The lowest BCUT2D eigenvalue weighted by Gasteiger charge is -2.36. The molecule has 0 aliphatic heterocycles. The number of carbonyl (C=O) groups is 2. The van der Waals surface area contributed by atoms with Gasteiger partial charge in [-0.2, -0.15) is 0 Å². The predicted octanol–water partition coefficient (Wildman–Crippen LogP) is 2.46. The van der Waals surface area contributed by atoms with Crippen molar-refractivity contribution < 1.29 is 24.2 Å². The quantitative estimate of drug-likeness (QED) is 0.518. The zero-order valence-corrected chi connectivity index (χ0v) is 14.8. The maximum atomic E-state index is 11.0. The third-order valence-electron chi connectivity index (χ3n) is 4.58. The van der Waals surface area contributed by atoms with Crippen LogP contribution in [0.2, 0.25) is 0 Å². The summed E-state index contributed by atoms with van der Waals surface area (Å²) in [6, 6.07) is 0. The van der Waals surface area contributed by atoms with Gasteiger partial charge in [-0.1, -0.05) is 6.42 Å².